The lowest BCUT2D eigenvalue weighted by Gasteiger charge is -2.22. The third-order valence-corrected chi connectivity index (χ3v) is 4.62. The van der Waals surface area contributed by atoms with E-state index in [0.29, 0.717) is 11.3 Å². The summed E-state index contributed by atoms with van der Waals surface area (Å²) < 4.78 is 24.7. The second kappa shape index (κ2) is 8.71. The Balaban J connectivity index is 0.00000441. The van der Waals surface area contributed by atoms with E-state index < -0.39 is 9.84 Å². The van der Waals surface area contributed by atoms with Crippen LogP contribution in [0.3, 0.4) is 0 Å². The zero-order valence-electron chi connectivity index (χ0n) is 13.5. The van der Waals surface area contributed by atoms with Crippen molar-refractivity contribution in [2.75, 3.05) is 5.75 Å². The van der Waals surface area contributed by atoms with E-state index in [4.69, 9.17) is 5.73 Å². The predicted molar refractivity (Wildman–Crippen MR) is 102 cm³/mol. The lowest BCUT2D eigenvalue weighted by molar-refractivity contribution is 0.506. The van der Waals surface area contributed by atoms with Crippen LogP contribution in [-0.4, -0.2) is 31.7 Å². The molecule has 0 bridgehead atoms. The van der Waals surface area contributed by atoms with Crippen LogP contribution in [0.4, 0.5) is 0 Å². The van der Waals surface area contributed by atoms with Crippen LogP contribution in [0.1, 0.15) is 34.1 Å². The molecule has 0 fully saturated rings. The maximum atomic E-state index is 12.3. The number of nitrogens with two attached hydrogens (primary N) is 1. The molecule has 0 spiro atoms. The molecule has 0 heterocycles. The van der Waals surface area contributed by atoms with Crippen LogP contribution in [0.15, 0.2) is 40.2 Å². The van der Waals surface area contributed by atoms with E-state index in [2.05, 4.69) is 10.3 Å². The van der Waals surface area contributed by atoms with Crippen molar-refractivity contribution in [3.05, 3.63) is 30.3 Å². The minimum atomic E-state index is -3.35. The normalized spacial score (nSPS) is 14.1. The molecule has 0 saturated carbocycles. The fourth-order valence-electron chi connectivity index (χ4n) is 1.84. The van der Waals surface area contributed by atoms with E-state index in [1.54, 1.807) is 30.3 Å². The topological polar surface area (TPSA) is 84.5 Å². The van der Waals surface area contributed by atoms with E-state index in [9.17, 15) is 8.42 Å². The van der Waals surface area contributed by atoms with Gasteiger partial charge in [0.05, 0.1) is 16.7 Å². The van der Waals surface area contributed by atoms with E-state index in [1.807, 2.05) is 27.7 Å². The quantitative estimate of drug-likeness (QED) is 0.420. The maximum Gasteiger partial charge on any atom is 0.189 e. The van der Waals surface area contributed by atoms with Crippen molar-refractivity contribution in [3.63, 3.8) is 0 Å². The lowest BCUT2D eigenvalue weighted by atomic mass is 10.1. The third kappa shape index (κ3) is 7.44. The molecule has 0 saturated heterocycles. The van der Waals surface area contributed by atoms with Gasteiger partial charge in [-0.15, -0.1) is 24.0 Å². The van der Waals surface area contributed by atoms with Crippen molar-refractivity contribution < 1.29 is 8.42 Å². The Morgan fingerprint density at radius 1 is 1.27 bits per heavy atom. The van der Waals surface area contributed by atoms with Gasteiger partial charge in [-0.3, -0.25) is 0 Å². The van der Waals surface area contributed by atoms with E-state index in [-0.39, 0.29) is 47.3 Å². The molecule has 126 valence electrons. The number of hydrogen-bond acceptors (Lipinski definition) is 3. The first-order valence-corrected chi connectivity index (χ1v) is 8.68. The van der Waals surface area contributed by atoms with Crippen LogP contribution in [0.25, 0.3) is 0 Å². The highest BCUT2D eigenvalue weighted by molar-refractivity contribution is 14.0. The monoisotopic (exact) mass is 439 g/mol. The van der Waals surface area contributed by atoms with Gasteiger partial charge in [-0.05, 0) is 39.3 Å². The Hall–Kier alpha value is -0.830. The van der Waals surface area contributed by atoms with Crippen molar-refractivity contribution in [1.82, 2.24) is 5.32 Å². The van der Waals surface area contributed by atoms with E-state index >= 15 is 0 Å². The molecule has 22 heavy (non-hydrogen) atoms. The largest absolute Gasteiger partial charge is 0.370 e. The van der Waals surface area contributed by atoms with Crippen LogP contribution in [0.2, 0.25) is 0 Å². The molecule has 1 aromatic rings. The summed E-state index contributed by atoms with van der Waals surface area (Å²) in [5.41, 5.74) is 5.63. The number of hydrogen-bond donors (Lipinski definition) is 2. The summed E-state index contributed by atoms with van der Waals surface area (Å²) in [4.78, 5) is 4.62. The minimum absolute atomic E-state index is 0. The molecule has 5 nitrogen and oxygen atoms in total. The van der Waals surface area contributed by atoms with Crippen molar-refractivity contribution in [1.29, 1.82) is 0 Å². The number of sulfone groups is 1. The van der Waals surface area contributed by atoms with Crippen LogP contribution in [0, 0.1) is 0 Å². The maximum absolute atomic E-state index is 12.3. The molecule has 1 unspecified atom stereocenters. The van der Waals surface area contributed by atoms with Crippen molar-refractivity contribution >= 4 is 39.8 Å². The molecule has 0 aromatic heterocycles. The molecule has 0 amide bonds. The standard InChI is InChI=1S/C15H25N3O2S.HI/c1-5-12(17-14(16)18-15(2,3)4)11-21(19,20)13-9-7-6-8-10-13;/h6-10,12H,5,11H2,1-4H3,(H3,16,17,18);1H. The Morgan fingerprint density at radius 2 is 1.82 bits per heavy atom. The Kier molecular flexibility index (Phi) is 8.38. The summed E-state index contributed by atoms with van der Waals surface area (Å²) in [6.07, 6.45) is 0.610. The summed E-state index contributed by atoms with van der Waals surface area (Å²) in [6, 6.07) is 8.06. The van der Waals surface area contributed by atoms with Crippen molar-refractivity contribution in [2.45, 2.75) is 50.6 Å². The van der Waals surface area contributed by atoms with Gasteiger partial charge in [-0.2, -0.15) is 0 Å². The van der Waals surface area contributed by atoms with Crippen LogP contribution in [0.5, 0.6) is 0 Å². The Bertz CT molecular complexity index is 581. The molecule has 1 rings (SSSR count). The highest BCUT2D eigenvalue weighted by Gasteiger charge is 2.20. The smallest absolute Gasteiger partial charge is 0.189 e. The SMILES string of the molecule is CCC(CS(=O)(=O)c1ccccc1)N=C(N)NC(C)(C)C.I. The van der Waals surface area contributed by atoms with Gasteiger partial charge in [0.1, 0.15) is 0 Å². The van der Waals surface area contributed by atoms with Gasteiger partial charge in [0.15, 0.2) is 15.8 Å². The summed E-state index contributed by atoms with van der Waals surface area (Å²) in [7, 11) is -3.35. The van der Waals surface area contributed by atoms with E-state index in [1.165, 1.54) is 0 Å². The van der Waals surface area contributed by atoms with Crippen LogP contribution in [-0.2, 0) is 9.84 Å². The van der Waals surface area contributed by atoms with E-state index in [0.717, 1.165) is 0 Å². The lowest BCUT2D eigenvalue weighted by Crippen LogP contribution is -2.45. The average Bonchev–Trinajstić information content (AvgIpc) is 2.36. The van der Waals surface area contributed by atoms with Gasteiger partial charge in [0.2, 0.25) is 0 Å². The van der Waals surface area contributed by atoms with Gasteiger partial charge in [0.25, 0.3) is 0 Å². The number of halogens is 1. The second-order valence-electron chi connectivity index (χ2n) is 6.05. The number of guanidine groups is 1. The number of nitrogens with one attached hydrogen (secondary N) is 1. The van der Waals surface area contributed by atoms with Gasteiger partial charge in [-0.1, -0.05) is 25.1 Å². The summed E-state index contributed by atoms with van der Waals surface area (Å²) in [5, 5.41) is 3.04. The molecule has 0 aliphatic carbocycles. The van der Waals surface area contributed by atoms with Crippen LogP contribution < -0.4 is 11.1 Å². The van der Waals surface area contributed by atoms with Crippen molar-refractivity contribution in [3.8, 4) is 0 Å². The van der Waals surface area contributed by atoms with Gasteiger partial charge < -0.3 is 11.1 Å². The second-order valence-corrected chi connectivity index (χ2v) is 8.08. The first-order chi connectivity index (χ1) is 9.64. The first-order valence-electron chi connectivity index (χ1n) is 7.03. The summed E-state index contributed by atoms with van der Waals surface area (Å²) in [5.74, 6) is 0.234. The average molecular weight is 439 g/mol. The van der Waals surface area contributed by atoms with Gasteiger partial charge in [0, 0.05) is 5.54 Å². The molecule has 0 aliphatic rings. The number of benzene rings is 1. The molecule has 3 N–H and O–H groups in total. The first kappa shape index (κ1) is 21.2. The van der Waals surface area contributed by atoms with Crippen molar-refractivity contribution in [2.24, 2.45) is 10.7 Å². The van der Waals surface area contributed by atoms with Crippen LogP contribution >= 0.6 is 24.0 Å². The Labute approximate surface area is 150 Å². The van der Waals surface area contributed by atoms with Gasteiger partial charge in [-0.25, -0.2) is 13.4 Å². The highest BCUT2D eigenvalue weighted by Crippen LogP contribution is 2.14. The predicted octanol–water partition coefficient (Wildman–Crippen LogP) is 2.56. The van der Waals surface area contributed by atoms with Gasteiger partial charge >= 0.3 is 0 Å². The molecule has 0 radical (unpaired) electrons. The Morgan fingerprint density at radius 3 is 2.27 bits per heavy atom. The molecule has 1 aromatic carbocycles. The molecular weight excluding hydrogens is 413 g/mol. The zero-order chi connectivity index (χ0) is 16.1. The fraction of sp³-hybridized carbons (Fsp3) is 0.533. The fourth-order valence-corrected chi connectivity index (χ4v) is 3.42. The third-order valence-electron chi connectivity index (χ3n) is 2.81. The number of aliphatic imine (C=N–C) groups is 1. The molecule has 1 atom stereocenters. The molecule has 0 aliphatic heterocycles. The number of rotatable bonds is 5. The minimum Gasteiger partial charge on any atom is -0.370 e. The molecular formula is C15H26IN3O2S. The number of nitrogens with zero attached hydrogens (tertiary/aromatic N) is 1. The molecule has 7 heteroatoms. The zero-order valence-corrected chi connectivity index (χ0v) is 16.7. The highest BCUT2D eigenvalue weighted by atomic mass is 127. The summed E-state index contributed by atoms with van der Waals surface area (Å²) in [6.45, 7) is 7.81. The summed E-state index contributed by atoms with van der Waals surface area (Å²) >= 11 is 0.